The summed E-state index contributed by atoms with van der Waals surface area (Å²) in [5.41, 5.74) is 0. The van der Waals surface area contributed by atoms with E-state index in [-0.39, 0.29) is 12.5 Å². The van der Waals surface area contributed by atoms with Crippen LogP contribution >= 0.6 is 0 Å². The molecule has 88 valence electrons. The Morgan fingerprint density at radius 1 is 1.31 bits per heavy atom. The largest absolute Gasteiger partial charge is 0.370 e. The first-order valence-electron chi connectivity index (χ1n) is 5.28. The molecule has 1 aromatic heterocycles. The smallest absolute Gasteiger partial charge is 0.241 e. The van der Waals surface area contributed by atoms with Crippen molar-refractivity contribution < 1.29 is 4.79 Å². The van der Waals surface area contributed by atoms with E-state index in [0.29, 0.717) is 5.82 Å². The van der Waals surface area contributed by atoms with Crippen molar-refractivity contribution in [2.45, 2.75) is 6.92 Å². The minimum Gasteiger partial charge on any atom is -0.370 e. The third-order valence-electron chi connectivity index (χ3n) is 2.03. The number of hydrogen-bond acceptors (Lipinski definition) is 4. The summed E-state index contributed by atoms with van der Waals surface area (Å²) in [6, 6.07) is 5.62. The average molecular weight is 222 g/mol. The average Bonchev–Trinajstić information content (AvgIpc) is 2.26. The molecule has 16 heavy (non-hydrogen) atoms. The van der Waals surface area contributed by atoms with Gasteiger partial charge in [-0.25, -0.2) is 4.98 Å². The van der Waals surface area contributed by atoms with Crippen molar-refractivity contribution in [1.29, 1.82) is 0 Å². The Kier molecular flexibility index (Phi) is 4.57. The molecule has 0 aliphatic rings. The van der Waals surface area contributed by atoms with Crippen molar-refractivity contribution in [3.8, 4) is 0 Å². The zero-order chi connectivity index (χ0) is 12.0. The number of carbonyl (C=O) groups excluding carboxylic acids is 1. The minimum absolute atomic E-state index is 0.0238. The summed E-state index contributed by atoms with van der Waals surface area (Å²) in [6.07, 6.45) is 0. The van der Waals surface area contributed by atoms with Gasteiger partial charge in [-0.3, -0.25) is 4.79 Å². The maximum Gasteiger partial charge on any atom is 0.241 e. The molecule has 0 saturated carbocycles. The summed E-state index contributed by atoms with van der Waals surface area (Å²) in [5, 5.41) is 6.09. The highest BCUT2D eigenvalue weighted by Gasteiger charge is 2.03. The maximum atomic E-state index is 11.3. The number of aromatic nitrogens is 1. The Balaban J connectivity index is 2.53. The number of hydrogen-bond donors (Lipinski definition) is 2. The Bertz CT molecular complexity index is 352. The van der Waals surface area contributed by atoms with Crippen molar-refractivity contribution >= 4 is 17.5 Å². The summed E-state index contributed by atoms with van der Waals surface area (Å²) in [6.45, 7) is 3.10. The van der Waals surface area contributed by atoms with Crippen molar-refractivity contribution in [1.82, 2.24) is 9.88 Å². The van der Waals surface area contributed by atoms with Crippen LogP contribution in [0, 0.1) is 0 Å². The molecule has 1 heterocycles. The molecule has 0 aromatic carbocycles. The predicted octanol–water partition coefficient (Wildman–Crippen LogP) is 1.01. The van der Waals surface area contributed by atoms with Crippen LogP contribution in [0.1, 0.15) is 6.92 Å². The third kappa shape index (κ3) is 3.76. The van der Waals surface area contributed by atoms with Gasteiger partial charge in [-0.05, 0) is 19.1 Å². The van der Waals surface area contributed by atoms with Gasteiger partial charge < -0.3 is 15.5 Å². The fourth-order valence-electron chi connectivity index (χ4n) is 1.14. The van der Waals surface area contributed by atoms with Crippen LogP contribution < -0.4 is 10.6 Å². The van der Waals surface area contributed by atoms with E-state index >= 15 is 0 Å². The van der Waals surface area contributed by atoms with Crippen LogP contribution in [-0.2, 0) is 4.79 Å². The second kappa shape index (κ2) is 5.95. The number of pyridine rings is 1. The Morgan fingerprint density at radius 3 is 2.50 bits per heavy atom. The van der Waals surface area contributed by atoms with Gasteiger partial charge in [0.2, 0.25) is 5.91 Å². The number of likely N-dealkylation sites (N-methyl/N-ethyl adjacent to an activating group) is 1. The summed E-state index contributed by atoms with van der Waals surface area (Å²) >= 11 is 0. The van der Waals surface area contributed by atoms with Gasteiger partial charge in [0, 0.05) is 20.6 Å². The molecule has 0 saturated heterocycles. The van der Waals surface area contributed by atoms with Crippen molar-refractivity contribution in [2.75, 3.05) is 37.8 Å². The molecule has 1 aromatic rings. The van der Waals surface area contributed by atoms with Crippen molar-refractivity contribution in [3.63, 3.8) is 0 Å². The second-order valence-electron chi connectivity index (χ2n) is 3.58. The van der Waals surface area contributed by atoms with Crippen molar-refractivity contribution in [2.24, 2.45) is 0 Å². The maximum absolute atomic E-state index is 11.3. The first-order chi connectivity index (χ1) is 7.63. The van der Waals surface area contributed by atoms with E-state index in [4.69, 9.17) is 0 Å². The van der Waals surface area contributed by atoms with Gasteiger partial charge >= 0.3 is 0 Å². The monoisotopic (exact) mass is 222 g/mol. The second-order valence-corrected chi connectivity index (χ2v) is 3.58. The lowest BCUT2D eigenvalue weighted by atomic mass is 10.4. The van der Waals surface area contributed by atoms with E-state index < -0.39 is 0 Å². The van der Waals surface area contributed by atoms with E-state index in [1.165, 1.54) is 0 Å². The third-order valence-corrected chi connectivity index (χ3v) is 2.03. The molecule has 0 radical (unpaired) electrons. The molecular weight excluding hydrogens is 204 g/mol. The topological polar surface area (TPSA) is 57.3 Å². The van der Waals surface area contributed by atoms with E-state index in [9.17, 15) is 4.79 Å². The van der Waals surface area contributed by atoms with Crippen LogP contribution in [0.2, 0.25) is 0 Å². The summed E-state index contributed by atoms with van der Waals surface area (Å²) in [4.78, 5) is 17.2. The Labute approximate surface area is 95.9 Å². The standard InChI is InChI=1S/C11H18N4O/c1-4-12-9-6-5-7-10(14-9)13-8-11(16)15(2)3/h5-7H,4,8H2,1-3H3,(H2,12,13,14). The summed E-state index contributed by atoms with van der Waals surface area (Å²) in [7, 11) is 3.46. The van der Waals surface area contributed by atoms with Gasteiger partial charge in [0.1, 0.15) is 11.6 Å². The highest BCUT2D eigenvalue weighted by Crippen LogP contribution is 2.08. The van der Waals surface area contributed by atoms with Crippen LogP contribution in [0.4, 0.5) is 11.6 Å². The van der Waals surface area contributed by atoms with Gasteiger partial charge in [0.25, 0.3) is 0 Å². The number of nitrogens with one attached hydrogen (secondary N) is 2. The number of amides is 1. The fraction of sp³-hybridized carbons (Fsp3) is 0.455. The van der Waals surface area contributed by atoms with Crippen LogP contribution in [0.25, 0.3) is 0 Å². The highest BCUT2D eigenvalue weighted by atomic mass is 16.2. The zero-order valence-electron chi connectivity index (χ0n) is 9.95. The fourth-order valence-corrected chi connectivity index (χ4v) is 1.14. The van der Waals surface area contributed by atoms with Crippen LogP contribution in [0.15, 0.2) is 18.2 Å². The minimum atomic E-state index is 0.0238. The SMILES string of the molecule is CCNc1cccc(NCC(=O)N(C)C)n1. The molecular formula is C11H18N4O. The van der Waals surface area contributed by atoms with E-state index in [0.717, 1.165) is 12.4 Å². The van der Waals surface area contributed by atoms with Gasteiger partial charge in [-0.1, -0.05) is 6.07 Å². The number of nitrogens with zero attached hydrogens (tertiary/aromatic N) is 2. The number of anilines is 2. The van der Waals surface area contributed by atoms with Gasteiger partial charge in [-0.2, -0.15) is 0 Å². The zero-order valence-corrected chi connectivity index (χ0v) is 9.95. The summed E-state index contributed by atoms with van der Waals surface area (Å²) < 4.78 is 0. The first-order valence-corrected chi connectivity index (χ1v) is 5.28. The van der Waals surface area contributed by atoms with Crippen LogP contribution in [0.3, 0.4) is 0 Å². The molecule has 0 aliphatic carbocycles. The first kappa shape index (κ1) is 12.3. The molecule has 0 atom stereocenters. The molecule has 0 aliphatic heterocycles. The number of rotatable bonds is 5. The van der Waals surface area contributed by atoms with E-state index in [1.807, 2.05) is 25.1 Å². The highest BCUT2D eigenvalue weighted by molar-refractivity contribution is 5.80. The molecule has 1 amide bonds. The molecule has 1 rings (SSSR count). The Hall–Kier alpha value is -1.78. The quantitative estimate of drug-likeness (QED) is 0.780. The van der Waals surface area contributed by atoms with Gasteiger partial charge in [0.05, 0.1) is 6.54 Å². The van der Waals surface area contributed by atoms with Crippen LogP contribution in [-0.4, -0.2) is 43.0 Å². The predicted molar refractivity (Wildman–Crippen MR) is 65.6 cm³/mol. The lowest BCUT2D eigenvalue weighted by Gasteiger charge is -2.11. The van der Waals surface area contributed by atoms with Gasteiger partial charge in [-0.15, -0.1) is 0 Å². The molecule has 2 N–H and O–H groups in total. The van der Waals surface area contributed by atoms with Gasteiger partial charge in [0.15, 0.2) is 0 Å². The molecule has 5 heteroatoms. The van der Waals surface area contributed by atoms with Crippen molar-refractivity contribution in [3.05, 3.63) is 18.2 Å². The van der Waals surface area contributed by atoms with E-state index in [1.54, 1.807) is 19.0 Å². The van der Waals surface area contributed by atoms with Crippen LogP contribution in [0.5, 0.6) is 0 Å². The lowest BCUT2D eigenvalue weighted by molar-refractivity contribution is -0.126. The Morgan fingerprint density at radius 2 is 1.94 bits per heavy atom. The molecule has 0 fully saturated rings. The summed E-state index contributed by atoms with van der Waals surface area (Å²) in [5.74, 6) is 1.54. The normalized spacial score (nSPS) is 9.69. The lowest BCUT2D eigenvalue weighted by Crippen LogP contribution is -2.28. The molecule has 0 bridgehead atoms. The molecule has 0 unspecified atom stereocenters. The number of carbonyl (C=O) groups is 1. The molecule has 5 nitrogen and oxygen atoms in total. The van der Waals surface area contributed by atoms with E-state index in [2.05, 4.69) is 15.6 Å². The molecule has 0 spiro atoms.